The Morgan fingerprint density at radius 2 is 1.86 bits per heavy atom. The van der Waals surface area contributed by atoms with Crippen molar-refractivity contribution in [2.24, 2.45) is 0 Å². The van der Waals surface area contributed by atoms with Gasteiger partial charge in [0.1, 0.15) is 0 Å². The van der Waals surface area contributed by atoms with E-state index in [0.29, 0.717) is 11.6 Å². The van der Waals surface area contributed by atoms with E-state index in [9.17, 15) is 8.78 Å². The van der Waals surface area contributed by atoms with Crippen LogP contribution in [0.25, 0.3) is 16.5 Å². The molecule has 0 atom stereocenters. The zero-order chi connectivity index (χ0) is 15.3. The summed E-state index contributed by atoms with van der Waals surface area (Å²) in [6, 6.07) is 11.8. The van der Waals surface area contributed by atoms with Crippen molar-refractivity contribution >= 4 is 23.0 Å². The summed E-state index contributed by atoms with van der Waals surface area (Å²) in [5.74, 6) is 0.236. The summed E-state index contributed by atoms with van der Waals surface area (Å²) in [7, 11) is 0. The van der Waals surface area contributed by atoms with Gasteiger partial charge in [-0.25, -0.2) is 8.78 Å². The SMILES string of the molecule is FC(F)c1n[nH]c(=S)n1-c1ccc(C2CC2)c2ccccc12. The lowest BCUT2D eigenvalue weighted by molar-refractivity contribution is 0.138. The fraction of sp³-hybridized carbons (Fsp3) is 0.250. The number of rotatable bonds is 3. The van der Waals surface area contributed by atoms with Crippen LogP contribution < -0.4 is 0 Å². The first-order valence-electron chi connectivity index (χ1n) is 7.14. The first-order valence-corrected chi connectivity index (χ1v) is 7.55. The minimum Gasteiger partial charge on any atom is -0.267 e. The Hall–Kier alpha value is -2.08. The van der Waals surface area contributed by atoms with Crippen LogP contribution >= 0.6 is 12.2 Å². The highest BCUT2D eigenvalue weighted by Gasteiger charge is 2.26. The van der Waals surface area contributed by atoms with Crippen molar-refractivity contribution in [1.82, 2.24) is 14.8 Å². The highest BCUT2D eigenvalue weighted by atomic mass is 32.1. The smallest absolute Gasteiger partial charge is 0.267 e. The number of hydrogen-bond donors (Lipinski definition) is 1. The molecule has 1 aliphatic rings. The van der Waals surface area contributed by atoms with Gasteiger partial charge in [-0.2, -0.15) is 5.10 Å². The van der Waals surface area contributed by atoms with Gasteiger partial charge >= 0.3 is 0 Å². The first kappa shape index (κ1) is 13.6. The molecular formula is C16H13F2N3S. The molecule has 0 saturated heterocycles. The number of benzene rings is 2. The number of alkyl halides is 2. The maximum atomic E-state index is 13.2. The van der Waals surface area contributed by atoms with Crippen molar-refractivity contribution in [3.8, 4) is 5.69 Å². The minimum atomic E-state index is -2.69. The van der Waals surface area contributed by atoms with Crippen molar-refractivity contribution in [3.05, 3.63) is 52.6 Å². The molecule has 1 saturated carbocycles. The van der Waals surface area contributed by atoms with Gasteiger partial charge in [-0.1, -0.05) is 30.3 Å². The van der Waals surface area contributed by atoms with E-state index in [1.807, 2.05) is 36.4 Å². The average Bonchev–Trinajstić information content (AvgIpc) is 3.28. The number of aromatic nitrogens is 3. The zero-order valence-corrected chi connectivity index (χ0v) is 12.4. The predicted octanol–water partition coefficient (Wildman–Crippen LogP) is 4.90. The second-order valence-corrected chi connectivity index (χ2v) is 5.90. The highest BCUT2D eigenvalue weighted by molar-refractivity contribution is 7.71. The molecule has 2 aromatic carbocycles. The Morgan fingerprint density at radius 1 is 1.14 bits per heavy atom. The van der Waals surface area contributed by atoms with Gasteiger partial charge in [0.15, 0.2) is 4.77 Å². The van der Waals surface area contributed by atoms with Gasteiger partial charge in [0, 0.05) is 5.39 Å². The lowest BCUT2D eigenvalue weighted by atomic mass is 9.99. The Labute approximate surface area is 130 Å². The van der Waals surface area contributed by atoms with Crippen LogP contribution in [-0.2, 0) is 0 Å². The molecular weight excluding hydrogens is 304 g/mol. The van der Waals surface area contributed by atoms with Crippen LogP contribution in [0.3, 0.4) is 0 Å². The molecule has 22 heavy (non-hydrogen) atoms. The standard InChI is InChI=1S/C16H13F2N3S/c17-14(18)15-19-20-16(22)21(15)13-8-7-10(9-5-6-9)11-3-1-2-4-12(11)13/h1-4,7-9,14H,5-6H2,(H,20,22). The summed E-state index contributed by atoms with van der Waals surface area (Å²) in [6.07, 6.45) is -0.303. The first-order chi connectivity index (χ1) is 10.7. The van der Waals surface area contributed by atoms with Crippen molar-refractivity contribution in [2.75, 3.05) is 0 Å². The van der Waals surface area contributed by atoms with E-state index in [1.165, 1.54) is 23.0 Å². The van der Waals surface area contributed by atoms with Crippen LogP contribution in [-0.4, -0.2) is 14.8 Å². The Morgan fingerprint density at radius 3 is 2.55 bits per heavy atom. The van der Waals surface area contributed by atoms with Crippen LogP contribution in [0.4, 0.5) is 8.78 Å². The molecule has 112 valence electrons. The molecule has 1 fully saturated rings. The largest absolute Gasteiger partial charge is 0.297 e. The Kier molecular flexibility index (Phi) is 3.07. The molecule has 0 unspecified atom stereocenters. The van der Waals surface area contributed by atoms with Gasteiger partial charge < -0.3 is 0 Å². The zero-order valence-electron chi connectivity index (χ0n) is 11.6. The van der Waals surface area contributed by atoms with Crippen molar-refractivity contribution < 1.29 is 8.78 Å². The van der Waals surface area contributed by atoms with Crippen LogP contribution in [0.2, 0.25) is 0 Å². The maximum absolute atomic E-state index is 13.2. The van der Waals surface area contributed by atoms with Crippen LogP contribution in [0, 0.1) is 4.77 Å². The lowest BCUT2D eigenvalue weighted by Crippen LogP contribution is -2.03. The summed E-state index contributed by atoms with van der Waals surface area (Å²) in [5, 5.41) is 8.16. The molecule has 0 spiro atoms. The third kappa shape index (κ3) is 2.06. The van der Waals surface area contributed by atoms with E-state index >= 15 is 0 Å². The predicted molar refractivity (Wildman–Crippen MR) is 83.2 cm³/mol. The molecule has 0 aliphatic heterocycles. The molecule has 0 radical (unpaired) electrons. The number of nitrogens with one attached hydrogen (secondary N) is 1. The summed E-state index contributed by atoms with van der Waals surface area (Å²) in [5.41, 5.74) is 1.93. The van der Waals surface area contributed by atoms with Gasteiger partial charge in [0.25, 0.3) is 6.43 Å². The Balaban J connectivity index is 2.03. The van der Waals surface area contributed by atoms with Gasteiger partial charge in [-0.3, -0.25) is 9.67 Å². The van der Waals surface area contributed by atoms with E-state index in [2.05, 4.69) is 10.2 Å². The van der Waals surface area contributed by atoms with Gasteiger partial charge in [-0.15, -0.1) is 0 Å². The molecule has 3 aromatic rings. The monoisotopic (exact) mass is 317 g/mol. The number of hydrogen-bond acceptors (Lipinski definition) is 2. The van der Waals surface area contributed by atoms with E-state index < -0.39 is 6.43 Å². The highest BCUT2D eigenvalue weighted by Crippen LogP contribution is 2.44. The number of aromatic amines is 1. The summed E-state index contributed by atoms with van der Waals surface area (Å²) < 4.78 is 27.9. The summed E-state index contributed by atoms with van der Waals surface area (Å²) in [6.45, 7) is 0. The van der Waals surface area contributed by atoms with E-state index in [0.717, 1.165) is 10.8 Å². The van der Waals surface area contributed by atoms with Crippen molar-refractivity contribution in [2.45, 2.75) is 25.2 Å². The summed E-state index contributed by atoms with van der Waals surface area (Å²) in [4.78, 5) is 0. The number of nitrogens with zero attached hydrogens (tertiary/aromatic N) is 2. The van der Waals surface area contributed by atoms with Crippen molar-refractivity contribution in [1.29, 1.82) is 0 Å². The molecule has 0 bridgehead atoms. The quantitative estimate of drug-likeness (QED) is 0.697. The topological polar surface area (TPSA) is 33.6 Å². The fourth-order valence-corrected chi connectivity index (χ4v) is 3.18. The van der Waals surface area contributed by atoms with Gasteiger partial charge in [0.05, 0.1) is 5.69 Å². The maximum Gasteiger partial charge on any atom is 0.297 e. The molecule has 1 aromatic heterocycles. The molecule has 1 N–H and O–H groups in total. The average molecular weight is 317 g/mol. The van der Waals surface area contributed by atoms with E-state index in [-0.39, 0.29) is 10.6 Å². The molecule has 6 heteroatoms. The third-order valence-electron chi connectivity index (χ3n) is 4.09. The lowest BCUT2D eigenvalue weighted by Gasteiger charge is -2.13. The normalized spacial score (nSPS) is 14.9. The number of fused-ring (bicyclic) bond motifs is 1. The molecule has 4 rings (SSSR count). The van der Waals surface area contributed by atoms with Gasteiger partial charge in [0.2, 0.25) is 5.82 Å². The van der Waals surface area contributed by atoms with Crippen LogP contribution in [0.5, 0.6) is 0 Å². The van der Waals surface area contributed by atoms with Crippen LogP contribution in [0.15, 0.2) is 36.4 Å². The van der Waals surface area contributed by atoms with Crippen LogP contribution in [0.1, 0.15) is 36.6 Å². The van der Waals surface area contributed by atoms with E-state index in [1.54, 1.807) is 0 Å². The molecule has 0 amide bonds. The van der Waals surface area contributed by atoms with Crippen molar-refractivity contribution in [3.63, 3.8) is 0 Å². The molecule has 3 nitrogen and oxygen atoms in total. The minimum absolute atomic E-state index is 0.180. The van der Waals surface area contributed by atoms with Gasteiger partial charge in [-0.05, 0) is 48.0 Å². The van der Waals surface area contributed by atoms with E-state index in [4.69, 9.17) is 12.2 Å². The second-order valence-electron chi connectivity index (χ2n) is 5.52. The number of halogens is 2. The second kappa shape index (κ2) is 4.98. The molecule has 1 aliphatic carbocycles. The number of H-pyrrole nitrogens is 1. The third-order valence-corrected chi connectivity index (χ3v) is 4.36. The summed E-state index contributed by atoms with van der Waals surface area (Å²) >= 11 is 5.15. The fourth-order valence-electron chi connectivity index (χ4n) is 2.94. The molecule has 1 heterocycles. The Bertz CT molecular complexity index is 909.